The van der Waals surface area contributed by atoms with E-state index in [4.69, 9.17) is 9.26 Å². The molecule has 1 aromatic heterocycles. The van der Waals surface area contributed by atoms with Crippen LogP contribution < -0.4 is 4.74 Å². The molecule has 1 fully saturated rings. The van der Waals surface area contributed by atoms with Gasteiger partial charge in [0.25, 0.3) is 5.91 Å². The van der Waals surface area contributed by atoms with Gasteiger partial charge >= 0.3 is 0 Å². The number of aromatic nitrogens is 1. The number of rotatable bonds is 5. The van der Waals surface area contributed by atoms with E-state index in [9.17, 15) is 9.59 Å². The van der Waals surface area contributed by atoms with Crippen LogP contribution in [0.1, 0.15) is 71.7 Å². The van der Waals surface area contributed by atoms with Gasteiger partial charge in [-0.05, 0) is 58.1 Å². The Balaban J connectivity index is 1.47. The molecule has 1 aromatic carbocycles. The molecule has 1 atom stereocenters. The largest absolute Gasteiger partial charge is 0.491 e. The molecule has 1 amide bonds. The Labute approximate surface area is 171 Å². The molecule has 0 bridgehead atoms. The van der Waals surface area contributed by atoms with Crippen LogP contribution in [0.2, 0.25) is 0 Å². The summed E-state index contributed by atoms with van der Waals surface area (Å²) < 4.78 is 11.1. The molecule has 29 heavy (non-hydrogen) atoms. The topological polar surface area (TPSA) is 72.6 Å². The van der Waals surface area contributed by atoms with Gasteiger partial charge in [-0.1, -0.05) is 17.3 Å². The van der Waals surface area contributed by atoms with Gasteiger partial charge < -0.3 is 14.2 Å². The van der Waals surface area contributed by atoms with Crippen molar-refractivity contribution < 1.29 is 18.8 Å². The Kier molecular flexibility index (Phi) is 5.69. The minimum absolute atomic E-state index is 0.0523. The molecule has 0 unspecified atom stereocenters. The van der Waals surface area contributed by atoms with Crippen LogP contribution in [0, 0.1) is 5.92 Å². The summed E-state index contributed by atoms with van der Waals surface area (Å²) in [6.07, 6.45) is 5.49. The van der Waals surface area contributed by atoms with E-state index in [1.165, 1.54) is 0 Å². The van der Waals surface area contributed by atoms with E-state index in [0.717, 1.165) is 49.8 Å². The van der Waals surface area contributed by atoms with Crippen molar-refractivity contribution in [3.05, 3.63) is 46.8 Å². The second kappa shape index (κ2) is 8.39. The van der Waals surface area contributed by atoms with Crippen LogP contribution in [0.4, 0.5) is 0 Å². The molecule has 2 aliphatic rings. The number of likely N-dealkylation sites (tertiary alicyclic amines) is 1. The van der Waals surface area contributed by atoms with Gasteiger partial charge in [-0.3, -0.25) is 9.59 Å². The van der Waals surface area contributed by atoms with Crippen molar-refractivity contribution in [2.24, 2.45) is 5.92 Å². The summed E-state index contributed by atoms with van der Waals surface area (Å²) >= 11 is 0. The number of nitrogens with zero attached hydrogens (tertiary/aromatic N) is 2. The molecule has 154 valence electrons. The lowest BCUT2D eigenvalue weighted by molar-refractivity contribution is 0.0627. The molecule has 1 aliphatic heterocycles. The second-order valence-corrected chi connectivity index (χ2v) is 8.29. The van der Waals surface area contributed by atoms with Crippen LogP contribution >= 0.6 is 0 Å². The average Bonchev–Trinajstić information content (AvgIpc) is 3.16. The number of benzene rings is 1. The summed E-state index contributed by atoms with van der Waals surface area (Å²) in [5.74, 6) is 1.31. The van der Waals surface area contributed by atoms with Crippen molar-refractivity contribution in [2.45, 2.75) is 58.5 Å². The lowest BCUT2D eigenvalue weighted by Crippen LogP contribution is -2.42. The summed E-state index contributed by atoms with van der Waals surface area (Å²) in [6, 6.07) is 7.33. The number of hydrogen-bond donors (Lipinski definition) is 0. The highest BCUT2D eigenvalue weighted by Gasteiger charge is 2.33. The number of fused-ring (bicyclic) bond motifs is 1. The standard InChI is InChI=1S/C23H28N2O4/c1-15(2)28-18-9-5-7-16(13-18)22(26)17-8-6-12-25(14-17)23(27)21-19-10-3-4-11-20(19)29-24-21/h5,7,9,13,15,17H,3-4,6,8,10-12,14H2,1-2H3/t17-/m1/s1. The Morgan fingerprint density at radius 1 is 1.21 bits per heavy atom. The number of piperidine rings is 1. The summed E-state index contributed by atoms with van der Waals surface area (Å²) in [7, 11) is 0. The van der Waals surface area contributed by atoms with Crippen LogP contribution in [0.25, 0.3) is 0 Å². The first-order chi connectivity index (χ1) is 14.0. The van der Waals surface area contributed by atoms with Gasteiger partial charge in [-0.25, -0.2) is 0 Å². The number of ether oxygens (including phenoxy) is 1. The van der Waals surface area contributed by atoms with Gasteiger partial charge in [0.15, 0.2) is 11.5 Å². The summed E-state index contributed by atoms with van der Waals surface area (Å²) in [5, 5.41) is 4.07. The minimum atomic E-state index is -0.204. The number of hydrogen-bond acceptors (Lipinski definition) is 5. The first-order valence-electron chi connectivity index (χ1n) is 10.6. The Morgan fingerprint density at radius 3 is 2.86 bits per heavy atom. The predicted octanol–water partition coefficient (Wildman–Crippen LogP) is 4.08. The van der Waals surface area contributed by atoms with Crippen LogP contribution in [-0.4, -0.2) is 40.9 Å². The molecule has 4 rings (SSSR count). The summed E-state index contributed by atoms with van der Waals surface area (Å²) in [6.45, 7) is 5.00. The van der Waals surface area contributed by atoms with Crippen LogP contribution in [-0.2, 0) is 12.8 Å². The second-order valence-electron chi connectivity index (χ2n) is 8.29. The molecule has 0 spiro atoms. The van der Waals surface area contributed by atoms with E-state index in [1.807, 2.05) is 32.0 Å². The third-order valence-corrected chi connectivity index (χ3v) is 5.72. The number of aryl methyl sites for hydroxylation is 1. The van der Waals surface area contributed by atoms with E-state index in [0.29, 0.717) is 30.1 Å². The van der Waals surface area contributed by atoms with Gasteiger partial charge in [0.05, 0.1) is 6.10 Å². The first-order valence-corrected chi connectivity index (χ1v) is 10.6. The van der Waals surface area contributed by atoms with Gasteiger partial charge in [-0.2, -0.15) is 0 Å². The average molecular weight is 396 g/mol. The van der Waals surface area contributed by atoms with Gasteiger partial charge in [0.2, 0.25) is 0 Å². The maximum atomic E-state index is 13.1. The Bertz CT molecular complexity index is 902. The third-order valence-electron chi connectivity index (χ3n) is 5.72. The van der Waals surface area contributed by atoms with E-state index in [1.54, 1.807) is 11.0 Å². The van der Waals surface area contributed by atoms with Gasteiger partial charge in [0, 0.05) is 36.6 Å². The highest BCUT2D eigenvalue weighted by molar-refractivity contribution is 5.99. The van der Waals surface area contributed by atoms with Crippen LogP contribution in [0.5, 0.6) is 5.75 Å². The van der Waals surface area contributed by atoms with Crippen molar-refractivity contribution in [3.63, 3.8) is 0 Å². The fourth-order valence-corrected chi connectivity index (χ4v) is 4.31. The van der Waals surface area contributed by atoms with Crippen molar-refractivity contribution in [1.82, 2.24) is 10.1 Å². The fourth-order valence-electron chi connectivity index (χ4n) is 4.31. The number of carbonyl (C=O) groups is 2. The zero-order valence-electron chi connectivity index (χ0n) is 17.1. The minimum Gasteiger partial charge on any atom is -0.491 e. The Morgan fingerprint density at radius 2 is 2.03 bits per heavy atom. The molecule has 0 N–H and O–H groups in total. The SMILES string of the molecule is CC(C)Oc1cccc(C(=O)[C@@H]2CCCN(C(=O)c3noc4c3CCCC4)C2)c1. The highest BCUT2D eigenvalue weighted by Crippen LogP contribution is 2.28. The molecule has 2 heterocycles. The molecule has 1 saturated heterocycles. The molecule has 6 nitrogen and oxygen atoms in total. The van der Waals surface area contributed by atoms with Crippen LogP contribution in [0.15, 0.2) is 28.8 Å². The van der Waals surface area contributed by atoms with E-state index >= 15 is 0 Å². The lowest BCUT2D eigenvalue weighted by atomic mass is 9.89. The zero-order chi connectivity index (χ0) is 20.4. The number of amides is 1. The number of Topliss-reactive ketones (excluding diaryl/α,β-unsaturated/α-hetero) is 1. The molecular formula is C23H28N2O4. The van der Waals surface area contributed by atoms with Crippen molar-refractivity contribution in [2.75, 3.05) is 13.1 Å². The van der Waals surface area contributed by atoms with Gasteiger partial charge in [0.1, 0.15) is 11.5 Å². The number of ketones is 1. The van der Waals surface area contributed by atoms with Crippen molar-refractivity contribution in [1.29, 1.82) is 0 Å². The van der Waals surface area contributed by atoms with Gasteiger partial charge in [-0.15, -0.1) is 0 Å². The maximum absolute atomic E-state index is 13.1. The van der Waals surface area contributed by atoms with E-state index in [-0.39, 0.29) is 23.7 Å². The Hall–Kier alpha value is -2.63. The molecule has 6 heteroatoms. The highest BCUT2D eigenvalue weighted by atomic mass is 16.5. The molecule has 0 saturated carbocycles. The molecule has 1 aliphatic carbocycles. The van der Waals surface area contributed by atoms with Crippen LogP contribution in [0.3, 0.4) is 0 Å². The van der Waals surface area contributed by atoms with E-state index in [2.05, 4.69) is 5.16 Å². The van der Waals surface area contributed by atoms with E-state index < -0.39 is 0 Å². The molecule has 2 aromatic rings. The monoisotopic (exact) mass is 396 g/mol. The summed E-state index contributed by atoms with van der Waals surface area (Å²) in [4.78, 5) is 28.0. The fraction of sp³-hybridized carbons (Fsp3) is 0.522. The smallest absolute Gasteiger partial charge is 0.276 e. The molecular weight excluding hydrogens is 368 g/mol. The first kappa shape index (κ1) is 19.7. The zero-order valence-corrected chi connectivity index (χ0v) is 17.1. The third kappa shape index (κ3) is 4.21. The number of carbonyl (C=O) groups excluding carboxylic acids is 2. The normalized spacial score (nSPS) is 19.1. The quantitative estimate of drug-likeness (QED) is 0.712. The summed E-state index contributed by atoms with van der Waals surface area (Å²) in [5.41, 5.74) is 2.05. The predicted molar refractivity (Wildman–Crippen MR) is 108 cm³/mol. The lowest BCUT2D eigenvalue weighted by Gasteiger charge is -2.31. The molecule has 0 radical (unpaired) electrons. The maximum Gasteiger partial charge on any atom is 0.276 e. The van der Waals surface area contributed by atoms with Crippen molar-refractivity contribution >= 4 is 11.7 Å². The van der Waals surface area contributed by atoms with Crippen molar-refractivity contribution in [3.8, 4) is 5.75 Å².